The van der Waals surface area contributed by atoms with Crippen LogP contribution in [0.5, 0.6) is 5.75 Å². The number of nitrogens with zero attached hydrogens (tertiary/aromatic N) is 1. The summed E-state index contributed by atoms with van der Waals surface area (Å²) in [6, 6.07) is 7.59. The van der Waals surface area contributed by atoms with Crippen LogP contribution in [0.2, 0.25) is 0 Å². The summed E-state index contributed by atoms with van der Waals surface area (Å²) in [6.07, 6.45) is 0. The van der Waals surface area contributed by atoms with E-state index in [0.717, 1.165) is 11.3 Å². The van der Waals surface area contributed by atoms with Gasteiger partial charge in [-0.15, -0.1) is 0 Å². The molecule has 0 amide bonds. The van der Waals surface area contributed by atoms with Crippen molar-refractivity contribution < 1.29 is 4.74 Å². The molecule has 2 heteroatoms. The third-order valence-corrected chi connectivity index (χ3v) is 1.88. The van der Waals surface area contributed by atoms with Gasteiger partial charge in [-0.3, -0.25) is 0 Å². The molecule has 0 radical (unpaired) electrons. The van der Waals surface area contributed by atoms with Gasteiger partial charge in [0.25, 0.3) is 0 Å². The maximum atomic E-state index is 8.68. The second-order valence-corrected chi connectivity index (χ2v) is 3.80. The molecular formula is C12H15NO. The van der Waals surface area contributed by atoms with Gasteiger partial charge in [-0.2, -0.15) is 5.26 Å². The first-order chi connectivity index (χ1) is 6.63. The van der Waals surface area contributed by atoms with Crippen molar-refractivity contribution in [3.05, 3.63) is 29.3 Å². The molecule has 0 N–H and O–H groups in total. The van der Waals surface area contributed by atoms with E-state index in [0.29, 0.717) is 18.1 Å². The highest BCUT2D eigenvalue weighted by atomic mass is 16.5. The lowest BCUT2D eigenvalue weighted by Gasteiger charge is -2.10. The van der Waals surface area contributed by atoms with E-state index < -0.39 is 0 Å². The van der Waals surface area contributed by atoms with Crippen molar-refractivity contribution in [1.29, 1.82) is 5.26 Å². The lowest BCUT2D eigenvalue weighted by atomic mass is 10.1. The standard InChI is InChI=1S/C12H15NO/c1-9(2)8-14-12-5-4-11(7-13)6-10(12)3/h4-6,9H,8H2,1-3H3. The van der Waals surface area contributed by atoms with Crippen LogP contribution in [0, 0.1) is 24.2 Å². The average molecular weight is 189 g/mol. The molecule has 0 aliphatic carbocycles. The Balaban J connectivity index is 2.75. The molecular weight excluding hydrogens is 174 g/mol. The predicted octanol–water partition coefficient (Wildman–Crippen LogP) is 2.90. The molecule has 0 saturated carbocycles. The summed E-state index contributed by atoms with van der Waals surface area (Å²) in [5.41, 5.74) is 1.70. The lowest BCUT2D eigenvalue weighted by molar-refractivity contribution is 0.269. The molecule has 0 fully saturated rings. The first-order valence-corrected chi connectivity index (χ1v) is 4.77. The Morgan fingerprint density at radius 1 is 1.43 bits per heavy atom. The minimum Gasteiger partial charge on any atom is -0.493 e. The van der Waals surface area contributed by atoms with Gasteiger partial charge in [0.1, 0.15) is 5.75 Å². The molecule has 1 aromatic carbocycles. The average Bonchev–Trinajstić information content (AvgIpc) is 2.15. The fourth-order valence-corrected chi connectivity index (χ4v) is 1.14. The van der Waals surface area contributed by atoms with Gasteiger partial charge < -0.3 is 4.74 Å². The van der Waals surface area contributed by atoms with Crippen LogP contribution in [0.25, 0.3) is 0 Å². The monoisotopic (exact) mass is 189 g/mol. The van der Waals surface area contributed by atoms with Gasteiger partial charge in [0.2, 0.25) is 0 Å². The number of aryl methyl sites for hydroxylation is 1. The zero-order valence-electron chi connectivity index (χ0n) is 8.87. The number of benzene rings is 1. The van der Waals surface area contributed by atoms with Gasteiger partial charge in [-0.25, -0.2) is 0 Å². The number of rotatable bonds is 3. The van der Waals surface area contributed by atoms with Crippen LogP contribution in [0.1, 0.15) is 25.0 Å². The number of hydrogen-bond acceptors (Lipinski definition) is 2. The van der Waals surface area contributed by atoms with E-state index in [1.807, 2.05) is 19.1 Å². The van der Waals surface area contributed by atoms with E-state index in [1.54, 1.807) is 6.07 Å². The fourth-order valence-electron chi connectivity index (χ4n) is 1.14. The molecule has 0 aliphatic heterocycles. The highest BCUT2D eigenvalue weighted by Gasteiger charge is 2.01. The van der Waals surface area contributed by atoms with Crippen molar-refractivity contribution in [2.75, 3.05) is 6.61 Å². The predicted molar refractivity (Wildman–Crippen MR) is 56.2 cm³/mol. The molecule has 0 aliphatic rings. The number of hydrogen-bond donors (Lipinski definition) is 0. The molecule has 0 spiro atoms. The van der Waals surface area contributed by atoms with Gasteiger partial charge in [0.15, 0.2) is 0 Å². The topological polar surface area (TPSA) is 33.0 Å². The summed E-state index contributed by atoms with van der Waals surface area (Å²) in [6.45, 7) is 6.89. The van der Waals surface area contributed by atoms with Gasteiger partial charge in [-0.05, 0) is 36.6 Å². The SMILES string of the molecule is Cc1cc(C#N)ccc1OCC(C)C. The molecule has 2 nitrogen and oxygen atoms in total. The quantitative estimate of drug-likeness (QED) is 0.732. The van der Waals surface area contributed by atoms with Crippen molar-refractivity contribution in [2.45, 2.75) is 20.8 Å². The van der Waals surface area contributed by atoms with E-state index in [1.165, 1.54) is 0 Å². The zero-order valence-corrected chi connectivity index (χ0v) is 8.87. The third-order valence-electron chi connectivity index (χ3n) is 1.88. The van der Waals surface area contributed by atoms with Gasteiger partial charge >= 0.3 is 0 Å². The Bertz CT molecular complexity index is 350. The molecule has 0 bridgehead atoms. The molecule has 0 heterocycles. The van der Waals surface area contributed by atoms with Crippen LogP contribution in [-0.2, 0) is 0 Å². The lowest BCUT2D eigenvalue weighted by Crippen LogP contribution is -2.05. The summed E-state index contributed by atoms with van der Waals surface area (Å²) in [7, 11) is 0. The van der Waals surface area contributed by atoms with Crippen molar-refractivity contribution in [3.63, 3.8) is 0 Å². The molecule has 0 aromatic heterocycles. The largest absolute Gasteiger partial charge is 0.493 e. The van der Waals surface area contributed by atoms with Gasteiger partial charge in [0, 0.05) is 0 Å². The Labute approximate surface area is 85.1 Å². The third kappa shape index (κ3) is 2.77. The van der Waals surface area contributed by atoms with E-state index in [2.05, 4.69) is 19.9 Å². The van der Waals surface area contributed by atoms with E-state index >= 15 is 0 Å². The summed E-state index contributed by atoms with van der Waals surface area (Å²) in [5, 5.41) is 8.68. The van der Waals surface area contributed by atoms with Crippen molar-refractivity contribution in [3.8, 4) is 11.8 Å². The molecule has 74 valence electrons. The van der Waals surface area contributed by atoms with E-state index in [4.69, 9.17) is 10.00 Å². The van der Waals surface area contributed by atoms with Crippen molar-refractivity contribution in [1.82, 2.24) is 0 Å². The second kappa shape index (κ2) is 4.66. The Hall–Kier alpha value is -1.49. The van der Waals surface area contributed by atoms with Crippen LogP contribution >= 0.6 is 0 Å². The summed E-state index contributed by atoms with van der Waals surface area (Å²) in [5.74, 6) is 1.39. The smallest absolute Gasteiger partial charge is 0.122 e. The molecule has 0 unspecified atom stereocenters. The normalized spacial score (nSPS) is 9.93. The minimum absolute atomic E-state index is 0.519. The van der Waals surface area contributed by atoms with Crippen LogP contribution in [0.4, 0.5) is 0 Å². The van der Waals surface area contributed by atoms with Gasteiger partial charge in [0.05, 0.1) is 18.2 Å². The van der Waals surface area contributed by atoms with Crippen LogP contribution < -0.4 is 4.74 Å². The Morgan fingerprint density at radius 2 is 2.14 bits per heavy atom. The first-order valence-electron chi connectivity index (χ1n) is 4.77. The van der Waals surface area contributed by atoms with Crippen molar-refractivity contribution >= 4 is 0 Å². The Kier molecular flexibility index (Phi) is 3.53. The summed E-state index contributed by atoms with van der Waals surface area (Å²) >= 11 is 0. The van der Waals surface area contributed by atoms with Crippen LogP contribution in [-0.4, -0.2) is 6.61 Å². The van der Waals surface area contributed by atoms with Gasteiger partial charge in [-0.1, -0.05) is 13.8 Å². The minimum atomic E-state index is 0.519. The molecule has 14 heavy (non-hydrogen) atoms. The van der Waals surface area contributed by atoms with Crippen molar-refractivity contribution in [2.24, 2.45) is 5.92 Å². The van der Waals surface area contributed by atoms with Crippen LogP contribution in [0.3, 0.4) is 0 Å². The fraction of sp³-hybridized carbons (Fsp3) is 0.417. The van der Waals surface area contributed by atoms with E-state index in [-0.39, 0.29) is 0 Å². The molecule has 1 aromatic rings. The molecule has 0 saturated heterocycles. The molecule has 1 rings (SSSR count). The maximum absolute atomic E-state index is 8.68. The summed E-state index contributed by atoms with van der Waals surface area (Å²) < 4.78 is 5.59. The highest BCUT2D eigenvalue weighted by Crippen LogP contribution is 2.19. The highest BCUT2D eigenvalue weighted by molar-refractivity contribution is 5.41. The van der Waals surface area contributed by atoms with Crippen LogP contribution in [0.15, 0.2) is 18.2 Å². The zero-order chi connectivity index (χ0) is 10.6. The second-order valence-electron chi connectivity index (χ2n) is 3.80. The summed E-state index contributed by atoms with van der Waals surface area (Å²) in [4.78, 5) is 0. The number of nitriles is 1. The first kappa shape index (κ1) is 10.6. The molecule has 0 atom stereocenters. The Morgan fingerprint density at radius 3 is 2.64 bits per heavy atom. The number of ether oxygens (including phenoxy) is 1. The van der Waals surface area contributed by atoms with E-state index in [9.17, 15) is 0 Å². The maximum Gasteiger partial charge on any atom is 0.122 e.